The molecule has 0 unspecified atom stereocenters. The van der Waals surface area contributed by atoms with Crippen molar-refractivity contribution in [1.82, 2.24) is 14.8 Å². The van der Waals surface area contributed by atoms with Gasteiger partial charge in [0.25, 0.3) is 5.91 Å². The highest BCUT2D eigenvalue weighted by atomic mass is 32.2. The second kappa shape index (κ2) is 8.30. The number of anilines is 1. The van der Waals surface area contributed by atoms with E-state index in [1.54, 1.807) is 11.5 Å². The number of aromatic amines is 1. The van der Waals surface area contributed by atoms with Gasteiger partial charge in [-0.1, -0.05) is 25.1 Å². The van der Waals surface area contributed by atoms with E-state index >= 15 is 0 Å². The molecule has 10 heteroatoms. The summed E-state index contributed by atoms with van der Waals surface area (Å²) in [6, 6.07) is 0. The zero-order valence-electron chi connectivity index (χ0n) is 15.3. The van der Waals surface area contributed by atoms with Crippen molar-refractivity contribution >= 4 is 39.9 Å². The van der Waals surface area contributed by atoms with Crippen molar-refractivity contribution < 1.29 is 9.59 Å². The molecule has 3 rings (SSSR count). The predicted octanol–water partition coefficient (Wildman–Crippen LogP) is 2.14. The number of primary amides is 1. The largest absolute Gasteiger partial charge is 0.365 e. The number of aryl methyl sites for hydroxylation is 1. The maximum absolute atomic E-state index is 12.6. The molecule has 1 atom stereocenters. The average molecular weight is 410 g/mol. The Balaban J connectivity index is 1.73. The second-order valence-electron chi connectivity index (χ2n) is 6.49. The fourth-order valence-electron chi connectivity index (χ4n) is 3.08. The summed E-state index contributed by atoms with van der Waals surface area (Å²) in [4.78, 5) is 37.5. The Bertz CT molecular complexity index is 914. The van der Waals surface area contributed by atoms with E-state index in [2.05, 4.69) is 15.5 Å². The zero-order valence-corrected chi connectivity index (χ0v) is 17.0. The lowest BCUT2D eigenvalue weighted by molar-refractivity contribution is -0.115. The molecule has 8 nitrogen and oxygen atoms in total. The summed E-state index contributed by atoms with van der Waals surface area (Å²) in [6.07, 6.45) is 4.56. The number of carbonyl (C=O) groups excluding carboxylic acids is 2. The molecule has 27 heavy (non-hydrogen) atoms. The van der Waals surface area contributed by atoms with Crippen LogP contribution >= 0.6 is 23.1 Å². The Morgan fingerprint density at radius 1 is 1.44 bits per heavy atom. The summed E-state index contributed by atoms with van der Waals surface area (Å²) < 4.78 is 1.55. The second-order valence-corrected chi connectivity index (χ2v) is 8.90. The van der Waals surface area contributed by atoms with Crippen LogP contribution in [0.2, 0.25) is 0 Å². The minimum Gasteiger partial charge on any atom is -0.365 e. The molecule has 0 bridgehead atoms. The molecule has 0 saturated heterocycles. The molecule has 2 aromatic rings. The number of carbonyl (C=O) groups is 2. The van der Waals surface area contributed by atoms with Crippen molar-refractivity contribution in [2.75, 3.05) is 5.32 Å². The van der Waals surface area contributed by atoms with E-state index in [1.165, 1.54) is 23.1 Å². The van der Waals surface area contributed by atoms with E-state index in [4.69, 9.17) is 5.73 Å². The lowest BCUT2D eigenvalue weighted by atomic mass is 10.1. The van der Waals surface area contributed by atoms with Gasteiger partial charge in [-0.25, -0.2) is 9.89 Å². The van der Waals surface area contributed by atoms with E-state index in [0.717, 1.165) is 42.5 Å². The lowest BCUT2D eigenvalue weighted by Crippen LogP contribution is -2.25. The molecular formula is C17H23N5O3S2. The molecule has 2 heterocycles. The number of nitrogens with two attached hydrogens (primary N) is 1. The zero-order chi connectivity index (χ0) is 19.6. The number of nitrogens with one attached hydrogen (secondary N) is 2. The Morgan fingerprint density at radius 3 is 2.93 bits per heavy atom. The van der Waals surface area contributed by atoms with Crippen LogP contribution in [0.25, 0.3) is 0 Å². The van der Waals surface area contributed by atoms with Gasteiger partial charge in [-0.3, -0.25) is 14.2 Å². The van der Waals surface area contributed by atoms with Crippen LogP contribution in [-0.4, -0.2) is 31.8 Å². The Morgan fingerprint density at radius 2 is 2.22 bits per heavy atom. The Kier molecular flexibility index (Phi) is 6.05. The number of thiophene rings is 1. The normalized spacial score (nSPS) is 14.1. The SMILES string of the molecule is CCCCn1c(S[C@@H](C)C(=O)Nc2sc3c(c2C(N)=O)CCC3)n[nH]c1=O. The lowest BCUT2D eigenvalue weighted by Gasteiger charge is -2.12. The summed E-state index contributed by atoms with van der Waals surface area (Å²) in [5, 5.41) is 9.82. The van der Waals surface area contributed by atoms with E-state index in [0.29, 0.717) is 22.3 Å². The van der Waals surface area contributed by atoms with Crippen molar-refractivity contribution in [1.29, 1.82) is 0 Å². The van der Waals surface area contributed by atoms with E-state index in [-0.39, 0.29) is 11.6 Å². The first-order valence-corrected chi connectivity index (χ1v) is 10.7. The molecular weight excluding hydrogens is 386 g/mol. The maximum Gasteiger partial charge on any atom is 0.343 e. The smallest absolute Gasteiger partial charge is 0.343 e. The molecule has 2 amide bonds. The first kappa shape index (κ1) is 19.7. The van der Waals surface area contributed by atoms with Crippen LogP contribution in [0.15, 0.2) is 9.95 Å². The van der Waals surface area contributed by atoms with Gasteiger partial charge >= 0.3 is 5.69 Å². The third-order valence-electron chi connectivity index (χ3n) is 4.51. The van der Waals surface area contributed by atoms with Gasteiger partial charge in [-0.2, -0.15) is 0 Å². The van der Waals surface area contributed by atoms with Crippen LogP contribution in [0.4, 0.5) is 5.00 Å². The number of H-pyrrole nitrogens is 1. The number of rotatable bonds is 8. The quantitative estimate of drug-likeness (QED) is 0.577. The molecule has 1 aliphatic rings. The van der Waals surface area contributed by atoms with Gasteiger partial charge in [-0.15, -0.1) is 16.4 Å². The van der Waals surface area contributed by atoms with Crippen molar-refractivity contribution in [3.05, 3.63) is 26.5 Å². The molecule has 0 aromatic carbocycles. The molecule has 146 valence electrons. The number of hydrogen-bond donors (Lipinski definition) is 3. The third-order valence-corrected chi connectivity index (χ3v) is 6.81. The third kappa shape index (κ3) is 4.11. The van der Waals surface area contributed by atoms with Crippen LogP contribution in [0.5, 0.6) is 0 Å². The van der Waals surface area contributed by atoms with Crippen LogP contribution in [0, 0.1) is 0 Å². The maximum atomic E-state index is 12.6. The molecule has 1 aliphatic carbocycles. The van der Waals surface area contributed by atoms with Crippen LogP contribution in [-0.2, 0) is 24.2 Å². The molecule has 0 aliphatic heterocycles. The van der Waals surface area contributed by atoms with Gasteiger partial charge in [0.15, 0.2) is 5.16 Å². The summed E-state index contributed by atoms with van der Waals surface area (Å²) in [5.41, 5.74) is 6.68. The summed E-state index contributed by atoms with van der Waals surface area (Å²) in [7, 11) is 0. The Hall–Kier alpha value is -2.07. The molecule has 0 saturated carbocycles. The van der Waals surface area contributed by atoms with Crippen LogP contribution < -0.4 is 16.7 Å². The van der Waals surface area contributed by atoms with E-state index in [1.807, 2.05) is 6.92 Å². The molecule has 0 fully saturated rings. The number of nitrogens with zero attached hydrogens (tertiary/aromatic N) is 2. The van der Waals surface area contributed by atoms with Gasteiger partial charge in [0.2, 0.25) is 5.91 Å². The molecule has 0 spiro atoms. The monoisotopic (exact) mass is 409 g/mol. The number of fused-ring (bicyclic) bond motifs is 1. The van der Waals surface area contributed by atoms with Crippen molar-refractivity contribution in [2.24, 2.45) is 5.73 Å². The predicted molar refractivity (Wildman–Crippen MR) is 107 cm³/mol. The summed E-state index contributed by atoms with van der Waals surface area (Å²) in [6.45, 7) is 4.35. The fraction of sp³-hybridized carbons (Fsp3) is 0.529. The van der Waals surface area contributed by atoms with Gasteiger partial charge < -0.3 is 11.1 Å². The van der Waals surface area contributed by atoms with Crippen molar-refractivity contribution in [3.63, 3.8) is 0 Å². The highest BCUT2D eigenvalue weighted by Gasteiger charge is 2.27. The number of amides is 2. The summed E-state index contributed by atoms with van der Waals surface area (Å²) in [5.74, 6) is -0.759. The molecule has 2 aromatic heterocycles. The average Bonchev–Trinajstić information content (AvgIpc) is 3.28. The van der Waals surface area contributed by atoms with Crippen molar-refractivity contribution in [2.45, 2.75) is 62.9 Å². The minimum atomic E-state index is -0.509. The van der Waals surface area contributed by atoms with Gasteiger partial charge in [0.1, 0.15) is 5.00 Å². The Labute approximate surface area is 164 Å². The van der Waals surface area contributed by atoms with Crippen LogP contribution in [0.3, 0.4) is 0 Å². The van der Waals surface area contributed by atoms with Gasteiger partial charge in [0, 0.05) is 11.4 Å². The first-order chi connectivity index (χ1) is 12.9. The number of thioether (sulfide) groups is 1. The fourth-order valence-corrected chi connectivity index (χ4v) is 5.26. The number of unbranched alkanes of at least 4 members (excludes halogenated alkanes) is 1. The van der Waals surface area contributed by atoms with Gasteiger partial charge in [-0.05, 0) is 38.2 Å². The minimum absolute atomic E-state index is 0.250. The first-order valence-electron chi connectivity index (χ1n) is 8.99. The standard InChI is InChI=1S/C17H23N5O3S2/c1-3-4-8-22-16(25)20-21-17(22)26-9(2)14(24)19-15-12(13(18)23)10-6-5-7-11(10)27-15/h9H,3-8H2,1-2H3,(H2,18,23)(H,19,24)(H,20,25)/t9-/m0/s1. The summed E-state index contributed by atoms with van der Waals surface area (Å²) >= 11 is 2.64. The van der Waals surface area contributed by atoms with E-state index in [9.17, 15) is 14.4 Å². The van der Waals surface area contributed by atoms with Crippen LogP contribution in [0.1, 0.15) is 53.9 Å². The highest BCUT2D eigenvalue weighted by Crippen LogP contribution is 2.39. The molecule has 4 N–H and O–H groups in total. The topological polar surface area (TPSA) is 123 Å². The van der Waals surface area contributed by atoms with E-state index < -0.39 is 11.2 Å². The molecule has 0 radical (unpaired) electrons. The van der Waals surface area contributed by atoms with Crippen molar-refractivity contribution in [3.8, 4) is 0 Å². The highest BCUT2D eigenvalue weighted by molar-refractivity contribution is 8.00. The van der Waals surface area contributed by atoms with Gasteiger partial charge in [0.05, 0.1) is 10.8 Å². The number of hydrogen-bond acceptors (Lipinski definition) is 6. The number of aromatic nitrogens is 3.